The second kappa shape index (κ2) is 6.23. The SMILES string of the molecule is NCCc1ccc(Oc2ccc(Cl)cc2)cc1Br. The summed E-state index contributed by atoms with van der Waals surface area (Å²) in [6.07, 6.45) is 0.849. The summed E-state index contributed by atoms with van der Waals surface area (Å²) in [4.78, 5) is 0. The Morgan fingerprint density at radius 2 is 1.72 bits per heavy atom. The normalized spacial score (nSPS) is 10.4. The van der Waals surface area contributed by atoms with Gasteiger partial charge in [-0.05, 0) is 54.9 Å². The van der Waals surface area contributed by atoms with Crippen molar-refractivity contribution in [3.8, 4) is 11.5 Å². The Bertz CT molecular complexity index is 528. The van der Waals surface area contributed by atoms with Crippen molar-refractivity contribution >= 4 is 27.5 Å². The van der Waals surface area contributed by atoms with Crippen LogP contribution < -0.4 is 10.5 Å². The number of ether oxygens (including phenoxy) is 1. The van der Waals surface area contributed by atoms with Gasteiger partial charge in [-0.25, -0.2) is 0 Å². The maximum atomic E-state index is 5.82. The van der Waals surface area contributed by atoms with Crippen molar-refractivity contribution < 1.29 is 4.74 Å². The predicted octanol–water partition coefficient (Wildman–Crippen LogP) is 4.40. The first kappa shape index (κ1) is 13.4. The Balaban J connectivity index is 2.14. The standard InChI is InChI=1S/C14H13BrClNO/c15-14-9-13(4-1-10(14)7-8-17)18-12-5-2-11(16)3-6-12/h1-6,9H,7-8,17H2. The van der Waals surface area contributed by atoms with Crippen molar-refractivity contribution in [3.05, 3.63) is 57.5 Å². The van der Waals surface area contributed by atoms with Crippen LogP contribution in [0.2, 0.25) is 5.02 Å². The fourth-order valence-corrected chi connectivity index (χ4v) is 2.27. The van der Waals surface area contributed by atoms with Crippen LogP contribution in [0.1, 0.15) is 5.56 Å². The topological polar surface area (TPSA) is 35.2 Å². The summed E-state index contributed by atoms with van der Waals surface area (Å²) in [7, 11) is 0. The molecule has 0 aromatic heterocycles. The van der Waals surface area contributed by atoms with Crippen molar-refractivity contribution in [1.29, 1.82) is 0 Å². The molecule has 4 heteroatoms. The lowest BCUT2D eigenvalue weighted by molar-refractivity contribution is 0.482. The summed E-state index contributed by atoms with van der Waals surface area (Å²) < 4.78 is 6.74. The molecule has 0 heterocycles. The first-order valence-corrected chi connectivity index (χ1v) is 6.78. The molecule has 2 N–H and O–H groups in total. The highest BCUT2D eigenvalue weighted by molar-refractivity contribution is 9.10. The van der Waals surface area contributed by atoms with E-state index >= 15 is 0 Å². The molecule has 0 atom stereocenters. The molecule has 2 aromatic rings. The van der Waals surface area contributed by atoms with Crippen molar-refractivity contribution in [2.45, 2.75) is 6.42 Å². The Morgan fingerprint density at radius 3 is 2.33 bits per heavy atom. The van der Waals surface area contributed by atoms with Crippen LogP contribution in [0, 0.1) is 0 Å². The Labute approximate surface area is 120 Å². The van der Waals surface area contributed by atoms with E-state index in [4.69, 9.17) is 22.1 Å². The van der Waals surface area contributed by atoms with E-state index in [9.17, 15) is 0 Å². The van der Waals surface area contributed by atoms with Gasteiger partial charge in [-0.1, -0.05) is 33.6 Å². The van der Waals surface area contributed by atoms with Gasteiger partial charge in [-0.3, -0.25) is 0 Å². The molecule has 2 nitrogen and oxygen atoms in total. The molecule has 0 aliphatic rings. The third-order valence-corrected chi connectivity index (χ3v) is 3.48. The zero-order valence-corrected chi connectivity index (χ0v) is 12.0. The monoisotopic (exact) mass is 325 g/mol. The molecular formula is C14H13BrClNO. The summed E-state index contributed by atoms with van der Waals surface area (Å²) in [6.45, 7) is 0.635. The molecule has 0 saturated heterocycles. The third kappa shape index (κ3) is 3.48. The molecule has 0 spiro atoms. The summed E-state index contributed by atoms with van der Waals surface area (Å²) in [6, 6.07) is 13.2. The number of hydrogen-bond acceptors (Lipinski definition) is 2. The van der Waals surface area contributed by atoms with Gasteiger partial charge >= 0.3 is 0 Å². The summed E-state index contributed by atoms with van der Waals surface area (Å²) >= 11 is 9.34. The molecule has 2 rings (SSSR count). The van der Waals surface area contributed by atoms with Gasteiger partial charge in [-0.15, -0.1) is 0 Å². The van der Waals surface area contributed by atoms with E-state index in [1.54, 1.807) is 12.1 Å². The van der Waals surface area contributed by atoms with E-state index in [0.29, 0.717) is 11.6 Å². The lowest BCUT2D eigenvalue weighted by Crippen LogP contribution is -2.03. The van der Waals surface area contributed by atoms with Gasteiger partial charge in [0.15, 0.2) is 0 Å². The molecule has 2 aromatic carbocycles. The molecular weight excluding hydrogens is 314 g/mol. The molecule has 0 fully saturated rings. The highest BCUT2D eigenvalue weighted by Gasteiger charge is 2.03. The second-order valence-electron chi connectivity index (χ2n) is 3.85. The van der Waals surface area contributed by atoms with E-state index in [-0.39, 0.29) is 0 Å². The quantitative estimate of drug-likeness (QED) is 0.904. The number of halogens is 2. The van der Waals surface area contributed by atoms with Crippen LogP contribution in [0.4, 0.5) is 0 Å². The van der Waals surface area contributed by atoms with E-state index in [1.165, 1.54) is 5.56 Å². The van der Waals surface area contributed by atoms with Crippen LogP contribution in [0.5, 0.6) is 11.5 Å². The first-order valence-electron chi connectivity index (χ1n) is 5.61. The average Bonchev–Trinajstić information content (AvgIpc) is 2.36. The van der Waals surface area contributed by atoms with Crippen LogP contribution in [0.3, 0.4) is 0 Å². The molecule has 0 aliphatic heterocycles. The highest BCUT2D eigenvalue weighted by Crippen LogP contribution is 2.27. The molecule has 18 heavy (non-hydrogen) atoms. The van der Waals surface area contributed by atoms with Crippen LogP contribution in [-0.2, 0) is 6.42 Å². The van der Waals surface area contributed by atoms with Crippen molar-refractivity contribution in [3.63, 3.8) is 0 Å². The fourth-order valence-electron chi connectivity index (χ4n) is 1.59. The molecule has 94 valence electrons. The van der Waals surface area contributed by atoms with Crippen LogP contribution in [0.25, 0.3) is 0 Å². The minimum Gasteiger partial charge on any atom is -0.457 e. The van der Waals surface area contributed by atoms with Crippen molar-refractivity contribution in [2.24, 2.45) is 5.73 Å². The smallest absolute Gasteiger partial charge is 0.128 e. The maximum absolute atomic E-state index is 5.82. The molecule has 0 unspecified atom stereocenters. The van der Waals surface area contributed by atoms with Gasteiger partial charge in [0.25, 0.3) is 0 Å². The fraction of sp³-hybridized carbons (Fsp3) is 0.143. The van der Waals surface area contributed by atoms with Crippen molar-refractivity contribution in [2.75, 3.05) is 6.54 Å². The molecule has 0 saturated carbocycles. The van der Waals surface area contributed by atoms with Gasteiger partial charge in [-0.2, -0.15) is 0 Å². The van der Waals surface area contributed by atoms with Gasteiger partial charge in [0.2, 0.25) is 0 Å². The highest BCUT2D eigenvalue weighted by atomic mass is 79.9. The number of hydrogen-bond donors (Lipinski definition) is 1. The lowest BCUT2D eigenvalue weighted by atomic mass is 10.1. The number of nitrogens with two attached hydrogens (primary N) is 1. The van der Waals surface area contributed by atoms with E-state index in [2.05, 4.69) is 15.9 Å². The van der Waals surface area contributed by atoms with Crippen molar-refractivity contribution in [1.82, 2.24) is 0 Å². The summed E-state index contributed by atoms with van der Waals surface area (Å²) in [5.41, 5.74) is 6.72. The Kier molecular flexibility index (Phi) is 4.64. The molecule has 0 aliphatic carbocycles. The molecule has 0 radical (unpaired) electrons. The minimum atomic E-state index is 0.635. The maximum Gasteiger partial charge on any atom is 0.128 e. The minimum absolute atomic E-state index is 0.635. The number of rotatable bonds is 4. The van der Waals surface area contributed by atoms with Crippen LogP contribution in [-0.4, -0.2) is 6.54 Å². The van der Waals surface area contributed by atoms with Crippen LogP contribution >= 0.6 is 27.5 Å². The Hall–Kier alpha value is -1.03. The van der Waals surface area contributed by atoms with E-state index in [0.717, 1.165) is 22.4 Å². The Morgan fingerprint density at radius 1 is 1.06 bits per heavy atom. The largest absolute Gasteiger partial charge is 0.457 e. The third-order valence-electron chi connectivity index (χ3n) is 2.49. The first-order chi connectivity index (χ1) is 8.69. The van der Waals surface area contributed by atoms with E-state index < -0.39 is 0 Å². The van der Waals surface area contributed by atoms with E-state index in [1.807, 2.05) is 30.3 Å². The summed E-state index contributed by atoms with van der Waals surface area (Å²) in [5.74, 6) is 1.54. The lowest BCUT2D eigenvalue weighted by Gasteiger charge is -2.08. The second-order valence-corrected chi connectivity index (χ2v) is 5.14. The summed E-state index contributed by atoms with van der Waals surface area (Å²) in [5, 5.41) is 0.696. The van der Waals surface area contributed by atoms with Gasteiger partial charge in [0.1, 0.15) is 11.5 Å². The molecule has 0 bridgehead atoms. The zero-order chi connectivity index (χ0) is 13.0. The average molecular weight is 327 g/mol. The van der Waals surface area contributed by atoms with Crippen LogP contribution in [0.15, 0.2) is 46.9 Å². The number of benzene rings is 2. The molecule has 0 amide bonds. The van der Waals surface area contributed by atoms with Gasteiger partial charge in [0.05, 0.1) is 0 Å². The predicted molar refractivity (Wildman–Crippen MR) is 78.4 cm³/mol. The van der Waals surface area contributed by atoms with Gasteiger partial charge < -0.3 is 10.5 Å². The van der Waals surface area contributed by atoms with Gasteiger partial charge in [0, 0.05) is 9.50 Å². The zero-order valence-electron chi connectivity index (χ0n) is 9.70.